The van der Waals surface area contributed by atoms with Gasteiger partial charge >= 0.3 is 0 Å². The molecule has 8 heteroatoms. The number of benzene rings is 2. The highest BCUT2D eigenvalue weighted by atomic mass is 16.5. The molecule has 8 nitrogen and oxygen atoms in total. The Labute approximate surface area is 173 Å². The standard InChI is InChI=1S/C22H23N5O3/c1-13-5-4-6-14(2)20(13)24-22(29)17-9-16-18(10-19(17)30-3)25-26-21(16)15-11-23-27(12-15)7-8-28/h4-6,9-12,28H,7-8H2,1-3H3,(H,24,29)(H,25,26). The molecule has 0 atom stereocenters. The van der Waals surface area contributed by atoms with Gasteiger partial charge in [-0.1, -0.05) is 18.2 Å². The van der Waals surface area contributed by atoms with E-state index in [1.54, 1.807) is 23.0 Å². The van der Waals surface area contributed by atoms with Crippen molar-refractivity contribution in [2.24, 2.45) is 0 Å². The lowest BCUT2D eigenvalue weighted by atomic mass is 10.0. The summed E-state index contributed by atoms with van der Waals surface area (Å²) in [5.74, 6) is 0.201. The molecule has 154 valence electrons. The smallest absolute Gasteiger partial charge is 0.259 e. The summed E-state index contributed by atoms with van der Waals surface area (Å²) in [7, 11) is 1.53. The lowest BCUT2D eigenvalue weighted by Gasteiger charge is -2.13. The summed E-state index contributed by atoms with van der Waals surface area (Å²) in [4.78, 5) is 13.1. The van der Waals surface area contributed by atoms with Gasteiger partial charge in [0, 0.05) is 28.9 Å². The number of H-pyrrole nitrogens is 1. The van der Waals surface area contributed by atoms with E-state index in [4.69, 9.17) is 9.84 Å². The lowest BCUT2D eigenvalue weighted by Crippen LogP contribution is -2.15. The molecular weight excluding hydrogens is 382 g/mol. The monoisotopic (exact) mass is 405 g/mol. The van der Waals surface area contributed by atoms with Gasteiger partial charge in [-0.15, -0.1) is 0 Å². The Balaban J connectivity index is 1.76. The van der Waals surface area contributed by atoms with E-state index >= 15 is 0 Å². The number of fused-ring (bicyclic) bond motifs is 1. The summed E-state index contributed by atoms with van der Waals surface area (Å²) in [5.41, 5.74) is 5.41. The highest BCUT2D eigenvalue weighted by Gasteiger charge is 2.19. The quantitative estimate of drug-likeness (QED) is 0.456. The van der Waals surface area contributed by atoms with Crippen molar-refractivity contribution in [3.05, 3.63) is 59.4 Å². The van der Waals surface area contributed by atoms with E-state index in [1.807, 2.05) is 38.2 Å². The maximum atomic E-state index is 13.1. The SMILES string of the molecule is COc1cc2[nH]nc(-c3cnn(CCO)c3)c2cc1C(=O)Nc1c(C)cccc1C. The molecule has 30 heavy (non-hydrogen) atoms. The van der Waals surface area contributed by atoms with Gasteiger partial charge < -0.3 is 15.2 Å². The maximum absolute atomic E-state index is 13.1. The third-order valence-electron chi connectivity index (χ3n) is 5.08. The number of carbonyl (C=O) groups excluding carboxylic acids is 1. The number of aromatic nitrogens is 4. The van der Waals surface area contributed by atoms with Crippen LogP contribution in [-0.2, 0) is 6.54 Å². The van der Waals surface area contributed by atoms with Crippen molar-refractivity contribution in [3.8, 4) is 17.0 Å². The third kappa shape index (κ3) is 3.53. The minimum absolute atomic E-state index is 0.00225. The molecule has 3 N–H and O–H groups in total. The summed E-state index contributed by atoms with van der Waals surface area (Å²) in [6.07, 6.45) is 3.50. The molecule has 0 radical (unpaired) electrons. The predicted molar refractivity (Wildman–Crippen MR) is 115 cm³/mol. The number of ether oxygens (including phenoxy) is 1. The molecule has 0 saturated carbocycles. The Morgan fingerprint density at radius 3 is 2.73 bits per heavy atom. The highest BCUT2D eigenvalue weighted by molar-refractivity contribution is 6.10. The number of para-hydroxylation sites is 1. The van der Waals surface area contributed by atoms with Crippen LogP contribution in [0.4, 0.5) is 5.69 Å². The van der Waals surface area contributed by atoms with Gasteiger partial charge in [0.2, 0.25) is 0 Å². The largest absolute Gasteiger partial charge is 0.496 e. The van der Waals surface area contributed by atoms with E-state index in [2.05, 4.69) is 20.6 Å². The van der Waals surface area contributed by atoms with E-state index in [1.165, 1.54) is 7.11 Å². The van der Waals surface area contributed by atoms with Crippen molar-refractivity contribution in [2.45, 2.75) is 20.4 Å². The van der Waals surface area contributed by atoms with Crippen LogP contribution in [-0.4, -0.2) is 44.7 Å². The number of methoxy groups -OCH3 is 1. The number of nitrogens with zero attached hydrogens (tertiary/aromatic N) is 3. The fraction of sp³-hybridized carbons (Fsp3) is 0.227. The fourth-order valence-corrected chi connectivity index (χ4v) is 3.51. The van der Waals surface area contributed by atoms with Gasteiger partial charge in [-0.2, -0.15) is 10.2 Å². The normalized spacial score (nSPS) is 11.1. The molecule has 0 saturated heterocycles. The van der Waals surface area contributed by atoms with Crippen LogP contribution in [0.3, 0.4) is 0 Å². The Morgan fingerprint density at radius 2 is 2.03 bits per heavy atom. The molecule has 0 spiro atoms. The number of amides is 1. The molecule has 4 rings (SSSR count). The molecule has 0 aliphatic carbocycles. The number of hydrogen-bond acceptors (Lipinski definition) is 5. The van der Waals surface area contributed by atoms with Crippen LogP contribution in [0, 0.1) is 13.8 Å². The number of hydrogen-bond donors (Lipinski definition) is 3. The van der Waals surface area contributed by atoms with Gasteiger partial charge in [-0.25, -0.2) is 0 Å². The van der Waals surface area contributed by atoms with Crippen molar-refractivity contribution >= 4 is 22.5 Å². The zero-order valence-electron chi connectivity index (χ0n) is 17.1. The van der Waals surface area contributed by atoms with Gasteiger partial charge in [-0.05, 0) is 31.0 Å². The van der Waals surface area contributed by atoms with E-state index < -0.39 is 0 Å². The predicted octanol–water partition coefficient (Wildman–Crippen LogP) is 3.30. The van der Waals surface area contributed by atoms with Crippen LogP contribution in [0.1, 0.15) is 21.5 Å². The molecule has 0 unspecified atom stereocenters. The van der Waals surface area contributed by atoms with E-state index in [-0.39, 0.29) is 12.5 Å². The summed E-state index contributed by atoms with van der Waals surface area (Å²) in [5, 5.41) is 24.5. The summed E-state index contributed by atoms with van der Waals surface area (Å²) >= 11 is 0. The molecule has 1 amide bonds. The van der Waals surface area contributed by atoms with Gasteiger partial charge in [0.25, 0.3) is 5.91 Å². The second-order valence-electron chi connectivity index (χ2n) is 7.11. The first-order valence-electron chi connectivity index (χ1n) is 9.59. The molecule has 4 aromatic rings. The number of nitrogens with one attached hydrogen (secondary N) is 2. The second-order valence-corrected chi connectivity index (χ2v) is 7.11. The average molecular weight is 405 g/mol. The van der Waals surface area contributed by atoms with Crippen LogP contribution in [0.2, 0.25) is 0 Å². The third-order valence-corrected chi connectivity index (χ3v) is 5.08. The molecule has 0 bridgehead atoms. The topological polar surface area (TPSA) is 105 Å². The van der Waals surface area contributed by atoms with Crippen LogP contribution in [0.15, 0.2) is 42.7 Å². The first-order chi connectivity index (χ1) is 14.5. The zero-order valence-corrected chi connectivity index (χ0v) is 17.1. The molecule has 0 aliphatic heterocycles. The van der Waals surface area contributed by atoms with Crippen LogP contribution >= 0.6 is 0 Å². The number of carbonyl (C=O) groups is 1. The minimum Gasteiger partial charge on any atom is -0.496 e. The van der Waals surface area contributed by atoms with Crippen molar-refractivity contribution in [2.75, 3.05) is 19.0 Å². The van der Waals surface area contributed by atoms with Gasteiger partial charge in [-0.3, -0.25) is 14.6 Å². The van der Waals surface area contributed by atoms with Crippen molar-refractivity contribution in [1.29, 1.82) is 0 Å². The molecule has 2 heterocycles. The summed E-state index contributed by atoms with van der Waals surface area (Å²) in [6, 6.07) is 9.42. The number of aliphatic hydroxyl groups is 1. The van der Waals surface area contributed by atoms with Gasteiger partial charge in [0.05, 0.1) is 37.5 Å². The molecule has 2 aromatic carbocycles. The van der Waals surface area contributed by atoms with Crippen LogP contribution < -0.4 is 10.1 Å². The number of rotatable bonds is 6. The Hall–Kier alpha value is -3.65. The molecule has 0 fully saturated rings. The number of aromatic amines is 1. The van der Waals surface area contributed by atoms with Gasteiger partial charge in [0.1, 0.15) is 11.4 Å². The Bertz CT molecular complexity index is 1200. The van der Waals surface area contributed by atoms with Gasteiger partial charge in [0.15, 0.2) is 0 Å². The van der Waals surface area contributed by atoms with Crippen molar-refractivity contribution < 1.29 is 14.6 Å². The number of aliphatic hydroxyl groups excluding tert-OH is 1. The van der Waals surface area contributed by atoms with E-state index in [0.29, 0.717) is 23.6 Å². The minimum atomic E-state index is -0.255. The van der Waals surface area contributed by atoms with Crippen LogP contribution in [0.25, 0.3) is 22.2 Å². The lowest BCUT2D eigenvalue weighted by molar-refractivity contribution is 0.102. The van der Waals surface area contributed by atoms with Crippen LogP contribution in [0.5, 0.6) is 5.75 Å². The average Bonchev–Trinajstić information content (AvgIpc) is 3.36. The molecule has 0 aliphatic rings. The van der Waals surface area contributed by atoms with E-state index in [0.717, 1.165) is 33.3 Å². The van der Waals surface area contributed by atoms with Crippen molar-refractivity contribution in [1.82, 2.24) is 20.0 Å². The summed E-state index contributed by atoms with van der Waals surface area (Å²) < 4.78 is 7.12. The van der Waals surface area contributed by atoms with Crippen molar-refractivity contribution in [3.63, 3.8) is 0 Å². The Morgan fingerprint density at radius 1 is 1.27 bits per heavy atom. The first-order valence-corrected chi connectivity index (χ1v) is 9.59. The molecular formula is C22H23N5O3. The number of anilines is 1. The zero-order chi connectivity index (χ0) is 21.3. The first kappa shape index (κ1) is 19.7. The van der Waals surface area contributed by atoms with E-state index in [9.17, 15) is 4.79 Å². The number of aryl methyl sites for hydroxylation is 2. The summed E-state index contributed by atoms with van der Waals surface area (Å²) in [6.45, 7) is 4.32. The highest BCUT2D eigenvalue weighted by Crippen LogP contribution is 2.32. The Kier molecular flexibility index (Phi) is 5.24. The maximum Gasteiger partial charge on any atom is 0.259 e. The fourth-order valence-electron chi connectivity index (χ4n) is 3.51. The molecule has 2 aromatic heterocycles. The second kappa shape index (κ2) is 8.00.